The number of aryl methyl sites for hydroxylation is 1. The highest BCUT2D eigenvalue weighted by molar-refractivity contribution is 5.92. The van der Waals surface area contributed by atoms with Crippen molar-refractivity contribution in [1.82, 2.24) is 15.1 Å². The second kappa shape index (κ2) is 8.54. The Hall–Kier alpha value is -3.08. The van der Waals surface area contributed by atoms with Crippen LogP contribution in [-0.4, -0.2) is 27.0 Å². The molecule has 1 amide bonds. The number of hydrogen-bond donors (Lipinski definition) is 1. The average molecular weight is 363 g/mol. The number of aromatic nitrogens is 2. The zero-order valence-corrected chi connectivity index (χ0v) is 16.0. The summed E-state index contributed by atoms with van der Waals surface area (Å²) in [5, 5.41) is 7.09. The summed E-state index contributed by atoms with van der Waals surface area (Å²) in [6, 6.07) is 19.6. The van der Waals surface area contributed by atoms with Crippen LogP contribution in [0.1, 0.15) is 41.2 Å². The van der Waals surface area contributed by atoms with Gasteiger partial charge in [0.15, 0.2) is 5.69 Å². The Morgan fingerprint density at radius 3 is 2.48 bits per heavy atom. The average Bonchev–Trinajstić information content (AvgIpc) is 3.15. The zero-order valence-electron chi connectivity index (χ0n) is 16.0. The van der Waals surface area contributed by atoms with Gasteiger partial charge in [-0.15, -0.1) is 0 Å². The van der Waals surface area contributed by atoms with Crippen molar-refractivity contribution in [2.45, 2.75) is 40.0 Å². The Labute approximate surface area is 160 Å². The fourth-order valence-electron chi connectivity index (χ4n) is 2.75. The fourth-order valence-corrected chi connectivity index (χ4v) is 2.75. The van der Waals surface area contributed by atoms with E-state index in [4.69, 9.17) is 4.74 Å². The minimum atomic E-state index is -0.0900. The molecule has 0 fully saturated rings. The highest BCUT2D eigenvalue weighted by Crippen LogP contribution is 2.15. The van der Waals surface area contributed by atoms with Gasteiger partial charge in [-0.1, -0.05) is 48.0 Å². The number of para-hydroxylation sites is 1. The van der Waals surface area contributed by atoms with Crippen molar-refractivity contribution in [3.8, 4) is 5.75 Å². The number of H-pyrrole nitrogens is 1. The van der Waals surface area contributed by atoms with Crippen LogP contribution in [0.5, 0.6) is 5.75 Å². The Bertz CT molecular complexity index is 870. The second-order valence-electron chi connectivity index (χ2n) is 6.89. The molecule has 1 N–H and O–H groups in total. The normalized spacial score (nSPS) is 10.8. The van der Waals surface area contributed by atoms with Crippen LogP contribution in [0, 0.1) is 6.92 Å². The first kappa shape index (κ1) is 18.7. The minimum Gasteiger partial charge on any atom is -0.487 e. The lowest BCUT2D eigenvalue weighted by atomic mass is 10.1. The summed E-state index contributed by atoms with van der Waals surface area (Å²) in [4.78, 5) is 14.8. The molecule has 27 heavy (non-hydrogen) atoms. The number of aromatic amines is 1. The van der Waals surface area contributed by atoms with Gasteiger partial charge in [0.05, 0.1) is 5.69 Å². The lowest BCUT2D eigenvalue weighted by molar-refractivity contribution is 0.0684. The number of hydrogen-bond acceptors (Lipinski definition) is 3. The molecule has 1 aromatic heterocycles. The van der Waals surface area contributed by atoms with Crippen molar-refractivity contribution < 1.29 is 9.53 Å². The number of carbonyl (C=O) groups excluding carboxylic acids is 1. The van der Waals surface area contributed by atoms with E-state index in [9.17, 15) is 4.79 Å². The third kappa shape index (κ3) is 4.97. The van der Waals surface area contributed by atoms with Gasteiger partial charge in [0.1, 0.15) is 12.4 Å². The molecule has 0 aliphatic heterocycles. The molecule has 140 valence electrons. The Morgan fingerprint density at radius 1 is 1.11 bits per heavy atom. The molecule has 0 unspecified atom stereocenters. The molecular weight excluding hydrogens is 338 g/mol. The summed E-state index contributed by atoms with van der Waals surface area (Å²) in [6.07, 6.45) is 0. The maximum atomic E-state index is 12.9. The van der Waals surface area contributed by atoms with Gasteiger partial charge < -0.3 is 9.64 Å². The number of nitrogens with one attached hydrogen (secondary N) is 1. The summed E-state index contributed by atoms with van der Waals surface area (Å²) < 4.78 is 5.70. The largest absolute Gasteiger partial charge is 0.487 e. The predicted octanol–water partition coefficient (Wildman–Crippen LogP) is 4.35. The molecular formula is C22H25N3O2. The maximum Gasteiger partial charge on any atom is 0.274 e. The van der Waals surface area contributed by atoms with Gasteiger partial charge in [0.2, 0.25) is 0 Å². The molecule has 0 saturated heterocycles. The van der Waals surface area contributed by atoms with Crippen molar-refractivity contribution in [1.29, 1.82) is 0 Å². The topological polar surface area (TPSA) is 58.2 Å². The van der Waals surface area contributed by atoms with Gasteiger partial charge in [-0.3, -0.25) is 9.89 Å². The summed E-state index contributed by atoms with van der Waals surface area (Å²) in [7, 11) is 0. The standard InChI is InChI=1S/C22H25N3O2/c1-16(2)25(14-18-11-9-17(3)10-12-18)22(26)21-13-19(23-24-21)15-27-20-7-5-4-6-8-20/h4-13,16H,14-15H2,1-3H3,(H,23,24). The fraction of sp³-hybridized carbons (Fsp3) is 0.273. The van der Waals surface area contributed by atoms with Crippen LogP contribution in [0.2, 0.25) is 0 Å². The van der Waals surface area contributed by atoms with Crippen molar-refractivity contribution in [2.24, 2.45) is 0 Å². The van der Waals surface area contributed by atoms with E-state index in [1.54, 1.807) is 6.07 Å². The van der Waals surface area contributed by atoms with E-state index in [0.717, 1.165) is 17.0 Å². The van der Waals surface area contributed by atoms with Crippen LogP contribution in [0.4, 0.5) is 0 Å². The molecule has 0 aliphatic carbocycles. The summed E-state index contributed by atoms with van der Waals surface area (Å²) >= 11 is 0. The first-order chi connectivity index (χ1) is 13.0. The molecule has 3 rings (SSSR count). The Morgan fingerprint density at radius 2 is 1.81 bits per heavy atom. The van der Waals surface area contributed by atoms with Crippen molar-refractivity contribution in [2.75, 3.05) is 0 Å². The molecule has 1 heterocycles. The molecule has 0 aliphatic rings. The van der Waals surface area contributed by atoms with E-state index in [0.29, 0.717) is 18.8 Å². The predicted molar refractivity (Wildman–Crippen MR) is 106 cm³/mol. The molecule has 0 radical (unpaired) electrons. The lowest BCUT2D eigenvalue weighted by Crippen LogP contribution is -2.36. The molecule has 0 saturated carbocycles. The molecule has 0 atom stereocenters. The molecule has 5 nitrogen and oxygen atoms in total. The van der Waals surface area contributed by atoms with E-state index >= 15 is 0 Å². The van der Waals surface area contributed by atoms with Gasteiger partial charge >= 0.3 is 0 Å². The molecule has 0 spiro atoms. The molecule has 2 aromatic carbocycles. The Kier molecular flexibility index (Phi) is 5.91. The highest BCUT2D eigenvalue weighted by Gasteiger charge is 2.21. The minimum absolute atomic E-state index is 0.0690. The molecule has 5 heteroatoms. The van der Waals surface area contributed by atoms with Crippen LogP contribution in [-0.2, 0) is 13.2 Å². The van der Waals surface area contributed by atoms with E-state index in [2.05, 4.69) is 41.4 Å². The van der Waals surface area contributed by atoms with Gasteiger partial charge in [-0.05, 0) is 44.5 Å². The van der Waals surface area contributed by atoms with Crippen LogP contribution in [0.25, 0.3) is 0 Å². The quantitative estimate of drug-likeness (QED) is 0.679. The maximum absolute atomic E-state index is 12.9. The first-order valence-corrected chi connectivity index (χ1v) is 9.11. The summed E-state index contributed by atoms with van der Waals surface area (Å²) in [5.41, 5.74) is 3.48. The summed E-state index contributed by atoms with van der Waals surface area (Å²) in [5.74, 6) is 0.691. The molecule has 0 bridgehead atoms. The number of amides is 1. The molecule has 3 aromatic rings. The third-order valence-electron chi connectivity index (χ3n) is 4.35. The van der Waals surface area contributed by atoms with Crippen LogP contribution in [0.3, 0.4) is 0 Å². The second-order valence-corrected chi connectivity index (χ2v) is 6.89. The van der Waals surface area contributed by atoms with Crippen LogP contribution in [0.15, 0.2) is 60.7 Å². The third-order valence-corrected chi connectivity index (χ3v) is 4.35. The monoisotopic (exact) mass is 363 g/mol. The summed E-state index contributed by atoms with van der Waals surface area (Å²) in [6.45, 7) is 6.97. The van der Waals surface area contributed by atoms with Crippen LogP contribution < -0.4 is 4.74 Å². The van der Waals surface area contributed by atoms with Gasteiger partial charge in [0.25, 0.3) is 5.91 Å². The van der Waals surface area contributed by atoms with Crippen LogP contribution >= 0.6 is 0 Å². The lowest BCUT2D eigenvalue weighted by Gasteiger charge is -2.26. The van der Waals surface area contributed by atoms with E-state index in [-0.39, 0.29) is 11.9 Å². The van der Waals surface area contributed by atoms with E-state index in [1.165, 1.54) is 5.56 Å². The van der Waals surface area contributed by atoms with Gasteiger partial charge in [-0.25, -0.2) is 0 Å². The first-order valence-electron chi connectivity index (χ1n) is 9.11. The zero-order chi connectivity index (χ0) is 19.2. The Balaban J connectivity index is 1.67. The highest BCUT2D eigenvalue weighted by atomic mass is 16.5. The number of nitrogens with zero attached hydrogens (tertiary/aromatic N) is 2. The number of rotatable bonds is 7. The number of carbonyl (C=O) groups is 1. The smallest absolute Gasteiger partial charge is 0.274 e. The van der Waals surface area contributed by atoms with E-state index in [1.807, 2.05) is 49.1 Å². The van der Waals surface area contributed by atoms with Crippen molar-refractivity contribution in [3.63, 3.8) is 0 Å². The number of benzene rings is 2. The van der Waals surface area contributed by atoms with Gasteiger partial charge in [0, 0.05) is 12.6 Å². The van der Waals surface area contributed by atoms with E-state index < -0.39 is 0 Å². The number of ether oxygens (including phenoxy) is 1. The van der Waals surface area contributed by atoms with Crippen molar-refractivity contribution >= 4 is 5.91 Å². The van der Waals surface area contributed by atoms with Crippen molar-refractivity contribution in [3.05, 3.63) is 83.2 Å². The SMILES string of the molecule is Cc1ccc(CN(C(=O)c2cc(COc3ccccc3)[nH]n2)C(C)C)cc1. The van der Waals surface area contributed by atoms with Gasteiger partial charge in [-0.2, -0.15) is 5.10 Å².